The van der Waals surface area contributed by atoms with Crippen LogP contribution in [0.5, 0.6) is 0 Å². The first kappa shape index (κ1) is 24.4. The van der Waals surface area contributed by atoms with E-state index in [1.165, 1.54) is 17.3 Å². The first-order chi connectivity index (χ1) is 16.6. The Morgan fingerprint density at radius 1 is 0.765 bits per heavy atom. The lowest BCUT2D eigenvalue weighted by atomic mass is 9.72. The van der Waals surface area contributed by atoms with Crippen LogP contribution in [0.1, 0.15) is 71.7 Å². The van der Waals surface area contributed by atoms with Crippen LogP contribution in [0.4, 0.5) is 0 Å². The Bertz CT molecular complexity index is 1200. The molecule has 5 rings (SSSR count). The van der Waals surface area contributed by atoms with Gasteiger partial charge in [0.1, 0.15) is 5.03 Å². The van der Waals surface area contributed by atoms with Crippen molar-refractivity contribution in [3.8, 4) is 0 Å². The molecule has 1 saturated carbocycles. The van der Waals surface area contributed by atoms with Crippen LogP contribution in [0.2, 0.25) is 5.02 Å². The number of hydrogen-bond donors (Lipinski definition) is 0. The van der Waals surface area contributed by atoms with Gasteiger partial charge in [-0.25, -0.2) is 4.98 Å². The topological polar surface area (TPSA) is 47.0 Å². The summed E-state index contributed by atoms with van der Waals surface area (Å²) in [4.78, 5) is 32.0. The van der Waals surface area contributed by atoms with Gasteiger partial charge in [0, 0.05) is 27.9 Å². The highest BCUT2D eigenvalue weighted by molar-refractivity contribution is 8.04. The molecule has 2 aromatic carbocycles. The van der Waals surface area contributed by atoms with E-state index in [-0.39, 0.29) is 17.5 Å². The van der Waals surface area contributed by atoms with Crippen molar-refractivity contribution in [3.05, 3.63) is 105 Å². The van der Waals surface area contributed by atoms with Crippen molar-refractivity contribution >= 4 is 34.9 Å². The molecule has 0 N–H and O–H groups in total. The van der Waals surface area contributed by atoms with Gasteiger partial charge in [0.25, 0.3) is 0 Å². The smallest absolute Gasteiger partial charge is 0.200 e. The lowest BCUT2D eigenvalue weighted by Gasteiger charge is -2.32. The minimum atomic E-state index is -0.0642. The molecule has 174 valence electrons. The number of hydrogen-bond acceptors (Lipinski definition) is 4. The first-order valence-corrected chi connectivity index (χ1v) is 13.1. The van der Waals surface area contributed by atoms with E-state index in [1.807, 2.05) is 56.3 Å². The molecule has 1 fully saturated rings. The molecule has 3 nitrogen and oxygen atoms in total. The van der Waals surface area contributed by atoms with Crippen molar-refractivity contribution in [1.29, 1.82) is 0 Å². The molecule has 0 atom stereocenters. The molecule has 0 radical (unpaired) electrons. The molecular formula is C29H28ClNO2S. The Kier molecular flexibility index (Phi) is 8.02. The van der Waals surface area contributed by atoms with Gasteiger partial charge in [-0.1, -0.05) is 79.7 Å². The summed E-state index contributed by atoms with van der Waals surface area (Å²) in [6.45, 7) is 4.00. The number of carbonyl (C=O) groups is 2. The second kappa shape index (κ2) is 11.2. The zero-order valence-electron chi connectivity index (χ0n) is 19.5. The van der Waals surface area contributed by atoms with Gasteiger partial charge in [0.05, 0.1) is 4.91 Å². The molecule has 0 unspecified atom stereocenters. The van der Waals surface area contributed by atoms with Crippen LogP contribution in [-0.4, -0.2) is 16.6 Å². The highest BCUT2D eigenvalue weighted by atomic mass is 35.5. The van der Waals surface area contributed by atoms with E-state index >= 15 is 0 Å². The fraction of sp³-hybridized carbons (Fsp3) is 0.276. The monoisotopic (exact) mass is 489 g/mol. The third-order valence-corrected chi connectivity index (χ3v) is 7.75. The lowest BCUT2D eigenvalue weighted by molar-refractivity contribution is 0.0967. The average molecular weight is 490 g/mol. The van der Waals surface area contributed by atoms with E-state index in [9.17, 15) is 9.59 Å². The molecule has 2 aliphatic rings. The Morgan fingerprint density at radius 2 is 1.35 bits per heavy atom. The van der Waals surface area contributed by atoms with Crippen molar-refractivity contribution in [2.45, 2.75) is 50.5 Å². The predicted molar refractivity (Wildman–Crippen MR) is 140 cm³/mol. The Labute approximate surface area is 210 Å². The van der Waals surface area contributed by atoms with Gasteiger partial charge >= 0.3 is 0 Å². The molecule has 34 heavy (non-hydrogen) atoms. The zero-order chi connectivity index (χ0) is 24.1. The third-order valence-electron chi connectivity index (χ3n) is 6.43. The molecular weight excluding hydrogens is 462 g/mol. The summed E-state index contributed by atoms with van der Waals surface area (Å²) in [6.07, 6.45) is 5.45. The van der Waals surface area contributed by atoms with Crippen LogP contribution < -0.4 is 0 Å². The van der Waals surface area contributed by atoms with Crippen molar-refractivity contribution in [3.63, 3.8) is 0 Å². The summed E-state index contributed by atoms with van der Waals surface area (Å²) in [7, 11) is 0. The van der Waals surface area contributed by atoms with Crippen LogP contribution in [0.3, 0.4) is 0 Å². The second-order valence-electron chi connectivity index (χ2n) is 8.32. The molecule has 0 bridgehead atoms. The van der Waals surface area contributed by atoms with Gasteiger partial charge in [0.2, 0.25) is 5.78 Å². The van der Waals surface area contributed by atoms with Gasteiger partial charge in [0.15, 0.2) is 5.78 Å². The first-order valence-electron chi connectivity index (χ1n) is 11.9. The maximum atomic E-state index is 13.6. The molecule has 0 spiro atoms. The molecule has 0 aliphatic heterocycles. The quantitative estimate of drug-likeness (QED) is 0.370. The van der Waals surface area contributed by atoms with Gasteiger partial charge < -0.3 is 0 Å². The number of aromatic nitrogens is 1. The molecule has 0 saturated heterocycles. The van der Waals surface area contributed by atoms with E-state index in [0.29, 0.717) is 27.5 Å². The van der Waals surface area contributed by atoms with E-state index < -0.39 is 0 Å². The fourth-order valence-corrected chi connectivity index (χ4v) is 5.97. The van der Waals surface area contributed by atoms with Gasteiger partial charge in [-0.05, 0) is 67.3 Å². The van der Waals surface area contributed by atoms with Gasteiger partial charge in [-0.2, -0.15) is 0 Å². The second-order valence-corrected chi connectivity index (χ2v) is 9.78. The van der Waals surface area contributed by atoms with Crippen LogP contribution in [-0.2, 0) is 0 Å². The SMILES string of the molecule is CC.O=C1C(Sc2ccccn2)=C(C2CCC(c3ccc(Cl)cc3)CC2)C(=O)c2ccccc21. The molecule has 5 heteroatoms. The molecule has 2 aliphatic carbocycles. The lowest BCUT2D eigenvalue weighted by Crippen LogP contribution is -2.27. The number of thioether (sulfide) groups is 1. The predicted octanol–water partition coefficient (Wildman–Crippen LogP) is 8.16. The number of ketones is 2. The van der Waals surface area contributed by atoms with E-state index in [1.54, 1.807) is 18.3 Å². The normalized spacial score (nSPS) is 19.9. The zero-order valence-corrected chi connectivity index (χ0v) is 21.0. The summed E-state index contributed by atoms with van der Waals surface area (Å²) in [5, 5.41) is 1.48. The number of rotatable bonds is 4. The van der Waals surface area contributed by atoms with Crippen molar-refractivity contribution < 1.29 is 9.59 Å². The fourth-order valence-electron chi connectivity index (χ4n) is 4.81. The van der Waals surface area contributed by atoms with Crippen LogP contribution >= 0.6 is 23.4 Å². The van der Waals surface area contributed by atoms with Crippen molar-refractivity contribution in [1.82, 2.24) is 4.98 Å². The maximum Gasteiger partial charge on any atom is 0.200 e. The number of benzene rings is 2. The summed E-state index contributed by atoms with van der Waals surface area (Å²) < 4.78 is 0. The summed E-state index contributed by atoms with van der Waals surface area (Å²) in [5.41, 5.74) is 2.99. The standard InChI is InChI=1S/C27H22ClNO2S.C2H6/c28-20-14-12-18(13-15-20)17-8-10-19(11-9-17)24-25(30)21-5-1-2-6-22(21)26(31)27(24)32-23-7-3-4-16-29-23;1-2/h1-7,12-17,19H,8-11H2;1-2H3. The van der Waals surface area contributed by atoms with Gasteiger partial charge in [-0.3, -0.25) is 9.59 Å². The number of Topliss-reactive ketones (excluding diaryl/α,β-unsaturated/α-hetero) is 2. The van der Waals surface area contributed by atoms with E-state index in [2.05, 4.69) is 17.1 Å². The van der Waals surface area contributed by atoms with E-state index in [4.69, 9.17) is 11.6 Å². The Balaban J connectivity index is 0.00000133. The maximum absolute atomic E-state index is 13.6. The number of fused-ring (bicyclic) bond motifs is 1. The number of pyridine rings is 1. The number of allylic oxidation sites excluding steroid dienone is 2. The van der Waals surface area contributed by atoms with E-state index in [0.717, 1.165) is 35.7 Å². The highest BCUT2D eigenvalue weighted by Gasteiger charge is 2.38. The van der Waals surface area contributed by atoms with Crippen LogP contribution in [0.25, 0.3) is 0 Å². The molecule has 1 heterocycles. The van der Waals surface area contributed by atoms with Crippen molar-refractivity contribution in [2.24, 2.45) is 5.92 Å². The summed E-state index contributed by atoms with van der Waals surface area (Å²) >= 11 is 7.37. The average Bonchev–Trinajstić information content (AvgIpc) is 2.90. The molecule has 0 amide bonds. The molecule has 1 aromatic heterocycles. The Hall–Kier alpha value is -2.69. The van der Waals surface area contributed by atoms with Crippen LogP contribution in [0.15, 0.2) is 88.4 Å². The largest absolute Gasteiger partial charge is 0.289 e. The highest BCUT2D eigenvalue weighted by Crippen LogP contribution is 2.45. The third kappa shape index (κ3) is 5.03. The minimum Gasteiger partial charge on any atom is -0.289 e. The number of carbonyl (C=O) groups excluding carboxylic acids is 2. The molecule has 3 aromatic rings. The number of halogens is 1. The summed E-state index contributed by atoms with van der Waals surface area (Å²) in [6, 6.07) is 20.9. The van der Waals surface area contributed by atoms with Crippen molar-refractivity contribution in [2.75, 3.05) is 0 Å². The van der Waals surface area contributed by atoms with Crippen LogP contribution in [0, 0.1) is 5.92 Å². The Morgan fingerprint density at radius 3 is 1.97 bits per heavy atom. The summed E-state index contributed by atoms with van der Waals surface area (Å²) in [5.74, 6) is 0.464. The minimum absolute atomic E-state index is 0.00595. The number of nitrogens with zero attached hydrogens (tertiary/aromatic N) is 1. The van der Waals surface area contributed by atoms with Gasteiger partial charge in [-0.15, -0.1) is 0 Å².